The van der Waals surface area contributed by atoms with Gasteiger partial charge in [0.2, 0.25) is 0 Å². The molecular weight excluding hydrogens is 470 g/mol. The van der Waals surface area contributed by atoms with Crippen molar-refractivity contribution in [2.75, 3.05) is 6.54 Å². The number of hydrogen-bond donors (Lipinski definition) is 0. The Hall–Kier alpha value is -3.10. The van der Waals surface area contributed by atoms with E-state index < -0.39 is 28.9 Å². The molecule has 0 aromatic heterocycles. The molecule has 0 N–H and O–H groups in total. The van der Waals surface area contributed by atoms with Crippen LogP contribution in [0.4, 0.5) is 0 Å². The van der Waals surface area contributed by atoms with Gasteiger partial charge < -0.3 is 0 Å². The Morgan fingerprint density at radius 1 is 0.703 bits per heavy atom. The molecule has 0 bridgehead atoms. The molecule has 2 aromatic rings. The van der Waals surface area contributed by atoms with Crippen molar-refractivity contribution in [1.82, 2.24) is 14.9 Å². The first-order valence-corrected chi connectivity index (χ1v) is 13.2. The van der Waals surface area contributed by atoms with E-state index in [1.165, 1.54) is 9.80 Å². The van der Waals surface area contributed by atoms with E-state index in [4.69, 9.17) is 0 Å². The van der Waals surface area contributed by atoms with E-state index in [0.29, 0.717) is 52.4 Å². The van der Waals surface area contributed by atoms with E-state index in [0.717, 1.165) is 30.7 Å². The van der Waals surface area contributed by atoms with E-state index in [-0.39, 0.29) is 11.8 Å². The van der Waals surface area contributed by atoms with E-state index in [1.54, 1.807) is 24.3 Å². The number of nitrogens with zero attached hydrogens (tertiary/aromatic N) is 3. The zero-order valence-corrected chi connectivity index (χ0v) is 22.2. The molecule has 195 valence electrons. The minimum absolute atomic E-state index is 0.312. The molecule has 1 radical (unpaired) electrons. The molecule has 3 aliphatic rings. The van der Waals surface area contributed by atoms with Gasteiger partial charge in [-0.05, 0) is 71.2 Å². The Bertz CT molecular complexity index is 1260. The zero-order valence-electron chi connectivity index (χ0n) is 22.2. The van der Waals surface area contributed by atoms with Gasteiger partial charge in [-0.15, -0.1) is 10.3 Å². The van der Waals surface area contributed by atoms with Crippen LogP contribution in [0, 0.1) is 0 Å². The van der Waals surface area contributed by atoms with Crippen LogP contribution < -0.4 is 0 Å². The second-order valence-corrected chi connectivity index (χ2v) is 11.9. The number of rotatable bonds is 6. The smallest absolute Gasteiger partial charge is 0.261 e. The van der Waals surface area contributed by atoms with Gasteiger partial charge in [0.25, 0.3) is 23.6 Å². The fourth-order valence-corrected chi connectivity index (χ4v) is 6.57. The summed E-state index contributed by atoms with van der Waals surface area (Å²) < 4.78 is 0. The van der Waals surface area contributed by atoms with Gasteiger partial charge in [0.1, 0.15) is 0 Å². The van der Waals surface area contributed by atoms with Crippen LogP contribution in [0.1, 0.15) is 115 Å². The molecule has 5 rings (SSSR count). The van der Waals surface area contributed by atoms with Crippen molar-refractivity contribution in [3.8, 4) is 0 Å². The van der Waals surface area contributed by atoms with Gasteiger partial charge in [0.05, 0.1) is 0 Å². The lowest BCUT2D eigenvalue weighted by Crippen LogP contribution is -2.64. The van der Waals surface area contributed by atoms with Gasteiger partial charge in [-0.3, -0.25) is 29.0 Å². The van der Waals surface area contributed by atoms with Crippen LogP contribution >= 0.6 is 0 Å². The molecule has 8 heteroatoms. The predicted molar refractivity (Wildman–Crippen MR) is 138 cm³/mol. The third-order valence-corrected chi connectivity index (χ3v) is 8.18. The second kappa shape index (κ2) is 8.74. The maximum absolute atomic E-state index is 13.8. The second-order valence-electron chi connectivity index (χ2n) is 11.9. The third-order valence-electron chi connectivity index (χ3n) is 8.18. The molecule has 3 heterocycles. The van der Waals surface area contributed by atoms with Gasteiger partial charge in [-0.1, -0.05) is 26.2 Å². The quantitative estimate of drug-likeness (QED) is 0.408. The largest absolute Gasteiger partial charge is 0.274 e. The number of unbranched alkanes of at least 4 members (excludes halogenated alkanes) is 3. The zero-order chi connectivity index (χ0) is 26.9. The fourth-order valence-electron chi connectivity index (χ4n) is 6.57. The van der Waals surface area contributed by atoms with Crippen LogP contribution in [0.15, 0.2) is 24.3 Å². The van der Waals surface area contributed by atoms with Crippen molar-refractivity contribution in [3.05, 3.63) is 46.5 Å². The fraction of sp³-hybridized carbons (Fsp3) is 0.517. The highest BCUT2D eigenvalue weighted by Gasteiger charge is 2.51. The normalized spacial score (nSPS) is 21.4. The first kappa shape index (κ1) is 25.5. The topological polar surface area (TPSA) is 97.9 Å². The molecule has 0 saturated carbocycles. The predicted octanol–water partition coefficient (Wildman–Crippen LogP) is 4.98. The lowest BCUT2D eigenvalue weighted by Gasteiger charge is -2.52. The highest BCUT2D eigenvalue weighted by molar-refractivity contribution is 6.33. The highest BCUT2D eigenvalue weighted by Crippen LogP contribution is 2.43. The van der Waals surface area contributed by atoms with Gasteiger partial charge in [-0.2, -0.15) is 0 Å². The summed E-state index contributed by atoms with van der Waals surface area (Å²) in [6.45, 7) is 9.77. The summed E-state index contributed by atoms with van der Waals surface area (Å²) in [5.74, 6) is -1.66. The van der Waals surface area contributed by atoms with Crippen LogP contribution in [0.25, 0.3) is 10.8 Å². The van der Waals surface area contributed by atoms with Crippen LogP contribution in [0.3, 0.4) is 0 Å². The molecule has 0 unspecified atom stereocenters. The summed E-state index contributed by atoms with van der Waals surface area (Å²) in [7, 11) is 0. The number of amides is 4. The SMILES string of the molecule is CCCCCCN1C(=O)c2ccc3c4c(ccc(c24)C1=O)C(=O)N(C1CC(C)(C)N([O])C(C)(C)C1)C3=O. The molecule has 1 saturated heterocycles. The lowest BCUT2D eigenvalue weighted by molar-refractivity contribution is -0.292. The highest BCUT2D eigenvalue weighted by atomic mass is 16.5. The number of hydrogen-bond acceptors (Lipinski definition) is 5. The van der Waals surface area contributed by atoms with E-state index in [2.05, 4.69) is 6.92 Å². The van der Waals surface area contributed by atoms with Crippen molar-refractivity contribution in [2.45, 2.75) is 90.3 Å². The molecular formula is C29H34N3O5. The molecule has 37 heavy (non-hydrogen) atoms. The Morgan fingerprint density at radius 3 is 1.57 bits per heavy atom. The van der Waals surface area contributed by atoms with Gasteiger partial charge in [-0.25, -0.2) is 0 Å². The van der Waals surface area contributed by atoms with Gasteiger partial charge in [0.15, 0.2) is 0 Å². The Labute approximate surface area is 217 Å². The van der Waals surface area contributed by atoms with Crippen LogP contribution in [-0.2, 0) is 5.21 Å². The molecule has 8 nitrogen and oxygen atoms in total. The number of carbonyl (C=O) groups excluding carboxylic acids is 4. The number of hydroxylamine groups is 2. The Balaban J connectivity index is 1.56. The Morgan fingerprint density at radius 2 is 1.14 bits per heavy atom. The first-order valence-electron chi connectivity index (χ1n) is 13.2. The molecule has 0 aliphatic carbocycles. The van der Waals surface area contributed by atoms with Crippen molar-refractivity contribution < 1.29 is 24.4 Å². The maximum atomic E-state index is 13.8. The average Bonchev–Trinajstić information content (AvgIpc) is 2.83. The van der Waals surface area contributed by atoms with Crippen LogP contribution in [0.2, 0.25) is 0 Å². The number of benzene rings is 2. The Kier molecular flexibility index (Phi) is 6.03. The number of imide groups is 2. The molecule has 0 atom stereocenters. The minimum Gasteiger partial charge on any atom is -0.274 e. The lowest BCUT2D eigenvalue weighted by atomic mass is 9.77. The van der Waals surface area contributed by atoms with Crippen molar-refractivity contribution in [1.29, 1.82) is 0 Å². The van der Waals surface area contributed by atoms with Crippen molar-refractivity contribution in [2.24, 2.45) is 0 Å². The summed E-state index contributed by atoms with van der Waals surface area (Å²) in [4.78, 5) is 56.9. The number of carbonyl (C=O) groups is 4. The standard InChI is InChI=1S/C29H34N3O5/c1-6-7-8-9-14-30-24(33)18-10-12-20-23-21(13-11-19(22(18)23)25(30)34)27(36)31(26(20)35)17-15-28(2,3)32(37)29(4,5)16-17/h10-13,17H,6-9,14-16H2,1-5H3. The molecule has 3 aliphatic heterocycles. The molecule has 4 amide bonds. The summed E-state index contributed by atoms with van der Waals surface area (Å²) in [6.07, 6.45) is 4.48. The number of piperidine rings is 1. The van der Waals surface area contributed by atoms with E-state index in [9.17, 15) is 24.4 Å². The third kappa shape index (κ3) is 3.80. The van der Waals surface area contributed by atoms with Crippen molar-refractivity contribution in [3.63, 3.8) is 0 Å². The molecule has 0 spiro atoms. The monoisotopic (exact) mass is 504 g/mol. The van der Waals surface area contributed by atoms with Crippen molar-refractivity contribution >= 4 is 34.4 Å². The summed E-state index contributed by atoms with van der Waals surface area (Å²) in [5, 5.41) is 14.7. The summed E-state index contributed by atoms with van der Waals surface area (Å²) >= 11 is 0. The minimum atomic E-state index is -0.753. The van der Waals surface area contributed by atoms with E-state index in [1.807, 2.05) is 27.7 Å². The molecule has 1 fully saturated rings. The van der Waals surface area contributed by atoms with Gasteiger partial charge >= 0.3 is 0 Å². The van der Waals surface area contributed by atoms with Crippen LogP contribution in [0.5, 0.6) is 0 Å². The van der Waals surface area contributed by atoms with Gasteiger partial charge in [0, 0.05) is 56.7 Å². The summed E-state index contributed by atoms with van der Waals surface area (Å²) in [5.41, 5.74) is -0.185. The average molecular weight is 505 g/mol. The summed E-state index contributed by atoms with van der Waals surface area (Å²) in [6, 6.07) is 5.98. The first-order chi connectivity index (χ1) is 17.4. The van der Waals surface area contributed by atoms with Crippen LogP contribution in [-0.4, -0.2) is 62.2 Å². The maximum Gasteiger partial charge on any atom is 0.261 e. The van der Waals surface area contributed by atoms with E-state index >= 15 is 0 Å². The molecule has 2 aromatic carbocycles.